The normalized spacial score (nSPS) is 15.7. The molecule has 0 aromatic heterocycles. The van der Waals surface area contributed by atoms with Gasteiger partial charge in [0.1, 0.15) is 0 Å². The van der Waals surface area contributed by atoms with Crippen molar-refractivity contribution in [3.63, 3.8) is 0 Å². The quantitative estimate of drug-likeness (QED) is 0.372. The lowest BCUT2D eigenvalue weighted by atomic mass is 10.3. The van der Waals surface area contributed by atoms with Gasteiger partial charge in [0.2, 0.25) is 0 Å². The number of carboxylic acids is 1. The highest BCUT2D eigenvalue weighted by atomic mass is 31.1. The third-order valence-corrected chi connectivity index (χ3v) is 2.30. The van der Waals surface area contributed by atoms with Gasteiger partial charge in [-0.1, -0.05) is 9.24 Å². The molecule has 0 rings (SSSR count). The molecule has 0 spiro atoms. The number of nitrogens with zero attached hydrogens (tertiary/aromatic N) is 1. The van der Waals surface area contributed by atoms with Crippen LogP contribution in [0.15, 0.2) is 0 Å². The van der Waals surface area contributed by atoms with Gasteiger partial charge in [0.05, 0.1) is 25.9 Å². The number of hydrogen-bond donors (Lipinski definition) is 4. The molecule has 0 amide bonds. The van der Waals surface area contributed by atoms with Crippen molar-refractivity contribution in [2.45, 2.75) is 12.1 Å². The zero-order valence-electron chi connectivity index (χ0n) is 7.33. The second kappa shape index (κ2) is 6.80. The first-order valence-electron chi connectivity index (χ1n) is 3.83. The highest BCUT2D eigenvalue weighted by molar-refractivity contribution is 7.20. The van der Waals surface area contributed by atoms with Crippen molar-refractivity contribution in [1.82, 2.24) is 4.67 Å². The van der Waals surface area contributed by atoms with Crippen LogP contribution >= 0.6 is 8.61 Å². The molecule has 0 aromatic rings. The van der Waals surface area contributed by atoms with Gasteiger partial charge < -0.3 is 20.4 Å². The van der Waals surface area contributed by atoms with Gasteiger partial charge in [-0.25, -0.2) is 0 Å². The molecule has 0 aliphatic rings. The van der Waals surface area contributed by atoms with Crippen LogP contribution in [0.3, 0.4) is 0 Å². The van der Waals surface area contributed by atoms with Crippen LogP contribution in [0.2, 0.25) is 0 Å². The highest BCUT2D eigenvalue weighted by Gasteiger charge is 2.32. The maximum atomic E-state index is 10.6. The average molecular weight is 226 g/mol. The van der Waals surface area contributed by atoms with Crippen molar-refractivity contribution in [3.05, 3.63) is 0 Å². The Morgan fingerprint density at radius 3 is 2.21 bits per heavy atom. The number of aliphatic carboxylic acids is 1. The summed E-state index contributed by atoms with van der Waals surface area (Å²) in [6, 6.07) is -1.33. The van der Waals surface area contributed by atoms with Crippen LogP contribution in [0.1, 0.15) is 0 Å². The average Bonchev–Trinajstić information content (AvgIpc) is 2.16. The maximum absolute atomic E-state index is 10.6. The Balaban J connectivity index is 4.36. The molecule has 0 saturated heterocycles. The van der Waals surface area contributed by atoms with Gasteiger partial charge in [0.25, 0.3) is 0 Å². The molecule has 3 unspecified atom stereocenters. The summed E-state index contributed by atoms with van der Waals surface area (Å²) in [5.74, 6) is -1.33. The van der Waals surface area contributed by atoms with Crippen LogP contribution in [0.4, 0.5) is 0 Å². The lowest BCUT2D eigenvalue weighted by Gasteiger charge is -2.16. The third kappa shape index (κ3) is 4.08. The first kappa shape index (κ1) is 13.4. The summed E-state index contributed by atoms with van der Waals surface area (Å²) in [6.07, 6.45) is -1.18. The Labute approximate surface area is 81.8 Å². The van der Waals surface area contributed by atoms with Gasteiger partial charge in [-0.3, -0.25) is 4.79 Å². The summed E-state index contributed by atoms with van der Waals surface area (Å²) < 4.78 is 11.4. The molecule has 0 fully saturated rings. The van der Waals surface area contributed by atoms with Crippen LogP contribution in [-0.2, 0) is 9.36 Å². The van der Waals surface area contributed by atoms with Crippen LogP contribution in [0.25, 0.3) is 0 Å². The van der Waals surface area contributed by atoms with Gasteiger partial charge in [-0.05, 0) is 0 Å². The Hall–Kier alpha value is -0.590. The van der Waals surface area contributed by atoms with Crippen molar-refractivity contribution in [1.29, 1.82) is 0 Å². The maximum Gasteiger partial charge on any atom is 0.421 e. The summed E-state index contributed by atoms with van der Waals surface area (Å²) in [5, 5.41) is 34.7. The molecule has 14 heavy (non-hydrogen) atoms. The van der Waals surface area contributed by atoms with Crippen LogP contribution in [-0.4, -0.2) is 63.0 Å². The molecular weight excluding hydrogens is 213 g/mol. The Morgan fingerprint density at radius 1 is 1.36 bits per heavy atom. The summed E-state index contributed by atoms with van der Waals surface area (Å²) >= 11 is 0. The van der Waals surface area contributed by atoms with Gasteiger partial charge in [0.15, 0.2) is 6.04 Å². The number of aliphatic hydroxyl groups excluding tert-OH is 3. The Morgan fingerprint density at radius 2 is 1.93 bits per heavy atom. The summed E-state index contributed by atoms with van der Waals surface area (Å²) in [7, 11) is -1.10. The number of carbonyl (C=O) groups is 1. The SMILES string of the molecule is O=[PH+]N(CC(O)CO)C(CO)C(=O)O. The largest absolute Gasteiger partial charge is 0.480 e. The highest BCUT2D eigenvalue weighted by Crippen LogP contribution is 2.12. The summed E-state index contributed by atoms with van der Waals surface area (Å²) in [4.78, 5) is 10.5. The van der Waals surface area contributed by atoms with E-state index in [0.717, 1.165) is 4.67 Å². The van der Waals surface area contributed by atoms with E-state index in [2.05, 4.69) is 0 Å². The third-order valence-electron chi connectivity index (χ3n) is 1.57. The van der Waals surface area contributed by atoms with E-state index < -0.39 is 39.9 Å². The zero-order valence-corrected chi connectivity index (χ0v) is 8.33. The monoisotopic (exact) mass is 226 g/mol. The topological polar surface area (TPSA) is 118 Å². The minimum Gasteiger partial charge on any atom is -0.480 e. The van der Waals surface area contributed by atoms with Crippen LogP contribution < -0.4 is 0 Å². The van der Waals surface area contributed by atoms with E-state index in [0.29, 0.717) is 0 Å². The second-order valence-corrected chi connectivity index (χ2v) is 3.37. The lowest BCUT2D eigenvalue weighted by Crippen LogP contribution is -2.42. The van der Waals surface area contributed by atoms with E-state index in [-0.39, 0.29) is 6.54 Å². The molecule has 0 radical (unpaired) electrons. The van der Waals surface area contributed by atoms with Crippen LogP contribution in [0, 0.1) is 0 Å². The molecule has 82 valence electrons. The molecular formula is C6H13NO6P+. The predicted molar refractivity (Wildman–Crippen MR) is 47.3 cm³/mol. The van der Waals surface area contributed by atoms with Gasteiger partial charge in [-0.15, -0.1) is 0 Å². The van der Waals surface area contributed by atoms with Crippen molar-refractivity contribution >= 4 is 14.6 Å². The van der Waals surface area contributed by atoms with Gasteiger partial charge in [-0.2, -0.15) is 0 Å². The minimum atomic E-state index is -1.33. The van der Waals surface area contributed by atoms with Crippen molar-refractivity contribution in [3.8, 4) is 0 Å². The van der Waals surface area contributed by atoms with E-state index in [4.69, 9.17) is 20.4 Å². The van der Waals surface area contributed by atoms with Gasteiger partial charge in [0, 0.05) is 0 Å². The summed E-state index contributed by atoms with van der Waals surface area (Å²) in [5.41, 5.74) is 0. The van der Waals surface area contributed by atoms with Crippen LogP contribution in [0.5, 0.6) is 0 Å². The first-order chi connectivity index (χ1) is 6.56. The molecule has 7 nitrogen and oxygen atoms in total. The number of aliphatic hydroxyl groups is 3. The fourth-order valence-electron chi connectivity index (χ4n) is 0.823. The minimum absolute atomic E-state index is 0.268. The van der Waals surface area contributed by atoms with E-state index >= 15 is 0 Å². The standard InChI is InChI=1S/C6H12NO6P/c8-2-4(10)1-7(14-13)5(3-9)6(11)12/h4-5,8-10H,1-3H2,(H,11,12)/p+1. The van der Waals surface area contributed by atoms with E-state index in [1.807, 2.05) is 0 Å². The number of hydrogen-bond acceptors (Lipinski definition) is 5. The van der Waals surface area contributed by atoms with E-state index in [1.165, 1.54) is 0 Å². The second-order valence-electron chi connectivity index (χ2n) is 2.62. The molecule has 0 bridgehead atoms. The van der Waals surface area contributed by atoms with Crippen molar-refractivity contribution < 1.29 is 29.8 Å². The fourth-order valence-corrected chi connectivity index (χ4v) is 1.43. The lowest BCUT2D eigenvalue weighted by molar-refractivity contribution is -0.143. The molecule has 4 N–H and O–H groups in total. The molecule has 0 heterocycles. The smallest absolute Gasteiger partial charge is 0.421 e. The molecule has 0 aliphatic carbocycles. The molecule has 0 saturated carbocycles. The first-order valence-corrected chi connectivity index (χ1v) is 4.69. The molecule has 3 atom stereocenters. The van der Waals surface area contributed by atoms with Gasteiger partial charge >= 0.3 is 14.6 Å². The fraction of sp³-hybridized carbons (Fsp3) is 0.833. The number of carboxylic acid groups (broad SMARTS) is 1. The van der Waals surface area contributed by atoms with E-state index in [1.54, 1.807) is 0 Å². The molecule has 0 aromatic carbocycles. The zero-order chi connectivity index (χ0) is 11.1. The van der Waals surface area contributed by atoms with Crippen molar-refractivity contribution in [2.75, 3.05) is 19.8 Å². The van der Waals surface area contributed by atoms with Crippen molar-refractivity contribution in [2.24, 2.45) is 0 Å². The summed E-state index contributed by atoms with van der Waals surface area (Å²) in [6.45, 7) is -1.53. The molecule has 0 aliphatic heterocycles. The predicted octanol–water partition coefficient (Wildman–Crippen LogP) is -1.97. The number of rotatable bonds is 7. The Bertz CT molecular complexity index is 201. The molecule has 8 heteroatoms. The van der Waals surface area contributed by atoms with E-state index in [9.17, 15) is 9.36 Å². The Kier molecular flexibility index (Phi) is 6.52.